The van der Waals surface area contributed by atoms with Gasteiger partial charge >= 0.3 is 18.1 Å². The number of carbonyl (C=O) groups excluding carboxylic acids is 7. The number of halogens is 4. The fourth-order valence-corrected chi connectivity index (χ4v) is 11.4. The Labute approximate surface area is 519 Å². The lowest BCUT2D eigenvalue weighted by Crippen LogP contribution is -2.54. The first kappa shape index (κ1) is 70.6. The van der Waals surface area contributed by atoms with Crippen LogP contribution < -0.4 is 42.8 Å². The van der Waals surface area contributed by atoms with Crippen molar-refractivity contribution < 1.29 is 78.9 Å². The van der Waals surface area contributed by atoms with E-state index in [-0.39, 0.29) is 100 Å². The largest absolute Gasteiger partial charge is 0.445 e. The number of aliphatic hydroxyl groups excluding tert-OH is 1. The highest BCUT2D eigenvalue weighted by atomic mass is 32.2. The van der Waals surface area contributed by atoms with Crippen LogP contribution in [0.4, 0.5) is 38.5 Å². The summed E-state index contributed by atoms with van der Waals surface area (Å²) >= 11 is 0. The molecule has 0 unspecified atom stereocenters. The molecule has 0 aromatic heterocycles. The molecule has 0 aliphatic carbocycles. The van der Waals surface area contributed by atoms with E-state index in [0.29, 0.717) is 71.6 Å². The molecule has 0 bridgehead atoms. The van der Waals surface area contributed by atoms with Crippen molar-refractivity contribution in [1.82, 2.24) is 30.5 Å². The van der Waals surface area contributed by atoms with Crippen molar-refractivity contribution in [2.24, 2.45) is 28.3 Å². The maximum Gasteiger partial charge on any atom is 0.407 e. The number of nitrogens with one attached hydrogen (secondary N) is 5. The Hall–Kier alpha value is -8.47. The van der Waals surface area contributed by atoms with Gasteiger partial charge in [-0.1, -0.05) is 58.0 Å². The molecule has 1 saturated heterocycles. The molecule has 0 saturated carbocycles. The molecule has 23 nitrogen and oxygen atoms in total. The van der Waals surface area contributed by atoms with Crippen LogP contribution in [0, 0.1) is 35.1 Å². The number of fused-ring (bicyclic) bond motifs is 1. The van der Waals surface area contributed by atoms with Crippen molar-refractivity contribution in [3.8, 4) is 16.9 Å². The van der Waals surface area contributed by atoms with Crippen molar-refractivity contribution >= 4 is 75.0 Å². The van der Waals surface area contributed by atoms with Crippen LogP contribution in [0.2, 0.25) is 0 Å². The van der Waals surface area contributed by atoms with Crippen LogP contribution in [-0.2, 0) is 56.5 Å². The number of urea groups is 1. The number of carbonyl (C=O) groups is 7. The highest BCUT2D eigenvalue weighted by Crippen LogP contribution is 2.37. The van der Waals surface area contributed by atoms with E-state index in [2.05, 4.69) is 31.3 Å². The van der Waals surface area contributed by atoms with Gasteiger partial charge in [0.1, 0.15) is 24.5 Å². The molecule has 0 spiro atoms. The van der Waals surface area contributed by atoms with Gasteiger partial charge in [-0.25, -0.2) is 31.8 Å². The summed E-state index contributed by atoms with van der Waals surface area (Å²) in [7, 11) is -3.82. The molecule has 0 radical (unpaired) electrons. The Kier molecular flexibility index (Phi) is 26.6. The van der Waals surface area contributed by atoms with E-state index in [1.54, 1.807) is 50.2 Å². The van der Waals surface area contributed by atoms with Crippen molar-refractivity contribution in [2.45, 2.75) is 115 Å². The lowest BCUT2D eigenvalue weighted by molar-refractivity contribution is -0.136. The number of esters is 1. The summed E-state index contributed by atoms with van der Waals surface area (Å²) in [4.78, 5) is 97.3. The molecule has 4 aromatic rings. The maximum atomic E-state index is 14.0. The fourth-order valence-electron chi connectivity index (χ4n) is 9.76. The first-order chi connectivity index (χ1) is 42.9. The zero-order valence-corrected chi connectivity index (χ0v) is 51.5. The third-order valence-corrected chi connectivity index (χ3v) is 16.4. The molecule has 4 aromatic carbocycles. The van der Waals surface area contributed by atoms with Gasteiger partial charge in [0, 0.05) is 87.5 Å². The number of sulfonamides is 1. The molecule has 2 aliphatic heterocycles. The second kappa shape index (κ2) is 33.9. The van der Waals surface area contributed by atoms with E-state index < -0.39 is 106 Å². The predicted molar refractivity (Wildman–Crippen MR) is 326 cm³/mol. The van der Waals surface area contributed by atoms with Gasteiger partial charge in [-0.05, 0) is 110 Å². The first-order valence-corrected chi connectivity index (χ1v) is 31.1. The Balaban J connectivity index is 1.01. The molecule has 1 fully saturated rings. The number of primary amides is 1. The van der Waals surface area contributed by atoms with Crippen LogP contribution in [0.15, 0.2) is 82.2 Å². The van der Waals surface area contributed by atoms with Crippen LogP contribution in [-0.4, -0.2) is 141 Å². The zero-order valence-electron chi connectivity index (χ0n) is 50.6. The number of aliphatic hydroxyl groups is 1. The number of rotatable bonds is 33. The van der Waals surface area contributed by atoms with Crippen LogP contribution >= 0.6 is 0 Å². The second-order valence-corrected chi connectivity index (χ2v) is 24.0. The van der Waals surface area contributed by atoms with Gasteiger partial charge in [0.15, 0.2) is 11.6 Å². The topological polar surface area (TPSA) is 333 Å². The fraction of sp³-hybridized carbons (Fsp3) is 0.452. The van der Waals surface area contributed by atoms with Crippen LogP contribution in [0.25, 0.3) is 17.2 Å². The third kappa shape index (κ3) is 20.3. The lowest BCUT2D eigenvalue weighted by atomic mass is 9.93. The van der Waals surface area contributed by atoms with Crippen LogP contribution in [0.5, 0.6) is 5.75 Å². The third-order valence-electron chi connectivity index (χ3n) is 14.5. The van der Waals surface area contributed by atoms with E-state index in [1.165, 1.54) is 10.4 Å². The number of aryl methyl sites for hydroxylation is 1. The van der Waals surface area contributed by atoms with E-state index in [0.717, 1.165) is 18.4 Å². The summed E-state index contributed by atoms with van der Waals surface area (Å²) in [5.41, 5.74) is 16.5. The minimum absolute atomic E-state index is 0.0250. The van der Waals surface area contributed by atoms with E-state index in [9.17, 15) is 64.6 Å². The molecule has 7 amide bonds. The molecular weight excluding hydrogens is 1200 g/mol. The standard InChI is InChI=1S/C62H78F4N10O13S/c1-5-23-75(24-6-2)60(82)43-29-46-41(27-42(30-50(46)72-51(67)31-43)40-12-9-13-45(28-40)90(85,86)76-33-39(34-76)35-77)11-7-8-21-70-62(84)88-36-38-15-17-44(18-16-38)71-58(80)49(14-10-22-69-61(68)83)73-59(81)56(37(3)4)74-52(78)19-25-87-26-20-53(79)89-57-54(65)47(63)32-48(64)55(57)66/h9,12-13,15-18,27-30,32,37,39,49,56,77H,5-8,10-11,14,19-26,31,33-36H2,1-4H3,(H2,67,72)(H,70,84)(H,71,80)(H,73,81)(H,74,78)(H3,68,69,83)/t49-,56-/m0/s1. The summed E-state index contributed by atoms with van der Waals surface area (Å²) in [6.07, 6.45) is 3.73. The van der Waals surface area contributed by atoms with Gasteiger partial charge < -0.3 is 62.3 Å². The number of alkyl carbamates (subject to hydrolysis) is 1. The van der Waals surface area contributed by atoms with E-state index in [4.69, 9.17) is 25.9 Å². The minimum atomic E-state index is -3.82. The maximum absolute atomic E-state index is 14.0. The summed E-state index contributed by atoms with van der Waals surface area (Å²) in [6, 6.07) is 13.6. The van der Waals surface area contributed by atoms with Gasteiger partial charge in [-0.2, -0.15) is 13.1 Å². The number of amides is 7. The van der Waals surface area contributed by atoms with Gasteiger partial charge in [0.2, 0.25) is 51.0 Å². The van der Waals surface area contributed by atoms with Crippen LogP contribution in [0.3, 0.4) is 0 Å². The number of hydrogen-bond donors (Lipinski definition) is 8. The van der Waals surface area contributed by atoms with Crippen molar-refractivity contribution in [3.05, 3.63) is 112 Å². The highest BCUT2D eigenvalue weighted by Gasteiger charge is 2.37. The molecule has 488 valence electrons. The van der Waals surface area contributed by atoms with Gasteiger partial charge in [-0.15, -0.1) is 0 Å². The minimum Gasteiger partial charge on any atom is -0.445 e. The molecule has 28 heteroatoms. The van der Waals surface area contributed by atoms with Gasteiger partial charge in [0.05, 0.1) is 30.2 Å². The summed E-state index contributed by atoms with van der Waals surface area (Å²) in [5.74, 6) is -12.7. The zero-order chi connectivity index (χ0) is 65.7. The smallest absolute Gasteiger partial charge is 0.407 e. The number of ether oxygens (including phenoxy) is 3. The molecular formula is C62H78F4N10O13S. The molecule has 90 heavy (non-hydrogen) atoms. The molecule has 2 aliphatic rings. The second-order valence-electron chi connectivity index (χ2n) is 22.0. The Morgan fingerprint density at radius 3 is 2.16 bits per heavy atom. The average molecular weight is 1280 g/mol. The number of aliphatic imine (C=N–C) groups is 1. The van der Waals surface area contributed by atoms with Crippen molar-refractivity contribution in [1.29, 1.82) is 0 Å². The molecule has 2 heterocycles. The van der Waals surface area contributed by atoms with Crippen LogP contribution in [0.1, 0.15) is 102 Å². The lowest BCUT2D eigenvalue weighted by Gasteiger charge is -2.36. The summed E-state index contributed by atoms with van der Waals surface area (Å²) < 4.78 is 98.3. The number of anilines is 1. The molecule has 6 rings (SSSR count). The Morgan fingerprint density at radius 1 is 0.822 bits per heavy atom. The van der Waals surface area contributed by atoms with Crippen molar-refractivity contribution in [3.63, 3.8) is 0 Å². The van der Waals surface area contributed by atoms with E-state index >= 15 is 0 Å². The summed E-state index contributed by atoms with van der Waals surface area (Å²) in [6.45, 7) is 8.31. The number of benzene rings is 4. The number of hydrogen-bond acceptors (Lipinski definition) is 15. The number of nitrogens with two attached hydrogens (primary N) is 2. The predicted octanol–water partition coefficient (Wildman–Crippen LogP) is 6.61. The molecule has 2 atom stereocenters. The molecule has 10 N–H and O–H groups in total. The number of unbranched alkanes of at least 4 members (excludes halogenated alkanes) is 1. The monoisotopic (exact) mass is 1280 g/mol. The van der Waals surface area contributed by atoms with Crippen molar-refractivity contribution in [2.75, 3.05) is 64.4 Å². The highest BCUT2D eigenvalue weighted by molar-refractivity contribution is 7.89. The first-order valence-electron chi connectivity index (χ1n) is 29.7. The Bertz CT molecular complexity index is 3370. The average Bonchev–Trinajstić information content (AvgIpc) is 1.26. The van der Waals surface area contributed by atoms with Gasteiger partial charge in [0.25, 0.3) is 0 Å². The van der Waals surface area contributed by atoms with Gasteiger partial charge in [-0.3, -0.25) is 24.0 Å². The normalized spacial score (nSPS) is 13.9. The summed E-state index contributed by atoms with van der Waals surface area (Å²) in [5, 5.41) is 22.7. The van der Waals surface area contributed by atoms with E-state index in [1.807, 2.05) is 43.0 Å². The SMILES string of the molecule is CCCN(CCC)C(=O)C1=Cc2c(CCCCNC(=O)OCc3ccc(NC(=O)[C@H](CCCNC(N)=O)NC(=O)[C@@H](NC(=O)CCOCCC(=O)Oc4c(F)c(F)cc(F)c4F)C(C)C)cc3)cc(-c3cccc(S(=O)(=O)N4CC(CO)C4)c3)cc2N=C(N)C1. The Morgan fingerprint density at radius 2 is 1.50 bits per heavy atom. The number of nitrogens with zero attached hydrogens (tertiary/aromatic N) is 3. The number of amidine groups is 1. The quantitative estimate of drug-likeness (QED) is 0.00818.